The lowest BCUT2D eigenvalue weighted by Gasteiger charge is -2.05. The van der Waals surface area contributed by atoms with Gasteiger partial charge in [0.25, 0.3) is 14.2 Å². The number of hydrogen-bond acceptors (Lipinski definition) is 4. The van der Waals surface area contributed by atoms with Crippen LogP contribution in [0, 0.1) is 6.92 Å². The quantitative estimate of drug-likeness (QED) is 0.808. The van der Waals surface area contributed by atoms with Gasteiger partial charge in [0.1, 0.15) is 5.82 Å². The molecular weight excluding hydrogens is 286 g/mol. The highest BCUT2D eigenvalue weighted by molar-refractivity contribution is 8.13. The Kier molecular flexibility index (Phi) is 3.91. The van der Waals surface area contributed by atoms with Crippen LogP contribution in [0.2, 0.25) is 0 Å². The van der Waals surface area contributed by atoms with Crippen molar-refractivity contribution in [1.82, 2.24) is 14.8 Å². The van der Waals surface area contributed by atoms with E-state index < -0.39 is 9.05 Å². The van der Waals surface area contributed by atoms with Crippen molar-refractivity contribution in [2.75, 3.05) is 0 Å². The van der Waals surface area contributed by atoms with Crippen molar-refractivity contribution < 1.29 is 8.42 Å². The Balaban J connectivity index is 2.18. The van der Waals surface area contributed by atoms with Gasteiger partial charge in [-0.3, -0.25) is 0 Å². The van der Waals surface area contributed by atoms with Gasteiger partial charge in [-0.2, -0.15) is 0 Å². The smallest absolute Gasteiger partial charge is 0.296 e. The lowest BCUT2D eigenvalue weighted by atomic mass is 10.0. The number of nitrogens with zero attached hydrogens (tertiary/aromatic N) is 3. The van der Waals surface area contributed by atoms with Gasteiger partial charge in [-0.05, 0) is 24.5 Å². The molecule has 1 aromatic heterocycles. The summed E-state index contributed by atoms with van der Waals surface area (Å²) in [6.07, 6.45) is 1.39. The lowest BCUT2D eigenvalue weighted by molar-refractivity contribution is 0.590. The molecule has 0 saturated carbocycles. The van der Waals surface area contributed by atoms with Crippen LogP contribution in [-0.4, -0.2) is 23.2 Å². The molecule has 0 spiro atoms. The van der Waals surface area contributed by atoms with Gasteiger partial charge in [0.2, 0.25) is 0 Å². The second-order valence-electron chi connectivity index (χ2n) is 4.32. The van der Waals surface area contributed by atoms with Crippen LogP contribution < -0.4 is 0 Å². The fourth-order valence-corrected chi connectivity index (χ4v) is 2.89. The molecule has 7 heteroatoms. The van der Waals surface area contributed by atoms with E-state index >= 15 is 0 Å². The molecule has 0 aliphatic heterocycles. The van der Waals surface area contributed by atoms with Gasteiger partial charge in [-0.1, -0.05) is 24.3 Å². The molecule has 0 atom stereocenters. The van der Waals surface area contributed by atoms with E-state index in [0.29, 0.717) is 12.2 Å². The van der Waals surface area contributed by atoms with Crippen molar-refractivity contribution in [3.63, 3.8) is 0 Å². The molecule has 0 unspecified atom stereocenters. The van der Waals surface area contributed by atoms with E-state index in [1.165, 1.54) is 15.7 Å². The molecule has 1 aromatic carbocycles. The Hall–Kier alpha value is -1.40. The lowest BCUT2D eigenvalue weighted by Crippen LogP contribution is -2.06. The van der Waals surface area contributed by atoms with Crippen LogP contribution in [0.1, 0.15) is 17.0 Å². The maximum Gasteiger partial charge on any atom is 0.296 e. The summed E-state index contributed by atoms with van der Waals surface area (Å²) in [4.78, 5) is 0. The van der Waals surface area contributed by atoms with E-state index in [0.717, 1.165) is 6.42 Å². The van der Waals surface area contributed by atoms with Crippen LogP contribution in [0.25, 0.3) is 0 Å². The zero-order valence-corrected chi connectivity index (χ0v) is 12.2. The monoisotopic (exact) mass is 299 g/mol. The van der Waals surface area contributed by atoms with Crippen molar-refractivity contribution >= 4 is 19.7 Å². The molecule has 0 aliphatic rings. The van der Waals surface area contributed by atoms with Crippen molar-refractivity contribution in [3.05, 3.63) is 41.2 Å². The first-order valence-corrected chi connectivity index (χ1v) is 8.08. The number of rotatable bonds is 4. The molecule has 0 fully saturated rings. The molecule has 0 N–H and O–H groups in total. The van der Waals surface area contributed by atoms with Crippen LogP contribution >= 0.6 is 10.7 Å². The van der Waals surface area contributed by atoms with Crippen molar-refractivity contribution in [2.45, 2.75) is 24.9 Å². The molecule has 0 amide bonds. The normalized spacial score (nSPS) is 11.7. The molecule has 0 saturated heterocycles. The Morgan fingerprint density at radius 3 is 2.47 bits per heavy atom. The van der Waals surface area contributed by atoms with E-state index in [-0.39, 0.29) is 5.16 Å². The Bertz CT molecular complexity index is 695. The molecule has 0 radical (unpaired) electrons. The average molecular weight is 300 g/mol. The molecule has 102 valence electrons. The number of halogens is 1. The second-order valence-corrected chi connectivity index (χ2v) is 6.78. The Labute approximate surface area is 116 Å². The summed E-state index contributed by atoms with van der Waals surface area (Å²) in [6, 6.07) is 8.05. The Morgan fingerprint density at radius 1 is 1.21 bits per heavy atom. The fourth-order valence-electron chi connectivity index (χ4n) is 1.91. The number of hydrogen-bond donors (Lipinski definition) is 0. The maximum atomic E-state index is 11.2. The fraction of sp³-hybridized carbons (Fsp3) is 0.333. The SMILES string of the molecule is Cc1ccccc1CCc1nnc(S(=O)(=O)Cl)n1C. The van der Waals surface area contributed by atoms with Gasteiger partial charge in [0.15, 0.2) is 0 Å². The third-order valence-electron chi connectivity index (χ3n) is 3.02. The first-order chi connectivity index (χ1) is 8.89. The second kappa shape index (κ2) is 5.30. The van der Waals surface area contributed by atoms with E-state index in [4.69, 9.17) is 10.7 Å². The molecule has 2 rings (SSSR count). The summed E-state index contributed by atoms with van der Waals surface area (Å²) in [5.74, 6) is 0.600. The molecule has 5 nitrogen and oxygen atoms in total. The van der Waals surface area contributed by atoms with Crippen LogP contribution in [0.5, 0.6) is 0 Å². The number of aryl methyl sites for hydroxylation is 3. The van der Waals surface area contributed by atoms with Crippen LogP contribution in [0.3, 0.4) is 0 Å². The van der Waals surface area contributed by atoms with Crippen molar-refractivity contribution in [1.29, 1.82) is 0 Å². The van der Waals surface area contributed by atoms with E-state index in [1.54, 1.807) is 7.05 Å². The summed E-state index contributed by atoms with van der Waals surface area (Å²) in [6.45, 7) is 2.04. The van der Waals surface area contributed by atoms with E-state index in [9.17, 15) is 8.42 Å². The zero-order valence-electron chi connectivity index (χ0n) is 10.7. The predicted molar refractivity (Wildman–Crippen MR) is 72.6 cm³/mol. The van der Waals surface area contributed by atoms with Crippen LogP contribution in [0.15, 0.2) is 29.4 Å². The van der Waals surface area contributed by atoms with Crippen LogP contribution in [0.4, 0.5) is 0 Å². The molecule has 2 aromatic rings. The highest BCUT2D eigenvalue weighted by atomic mass is 35.7. The van der Waals surface area contributed by atoms with E-state index in [1.807, 2.05) is 31.2 Å². The minimum Gasteiger partial charge on any atom is -0.304 e. The summed E-state index contributed by atoms with van der Waals surface area (Å²) < 4.78 is 23.9. The first kappa shape index (κ1) is 14.0. The summed E-state index contributed by atoms with van der Waals surface area (Å²) in [5, 5.41) is 7.28. The Morgan fingerprint density at radius 2 is 1.89 bits per heavy atom. The standard InChI is InChI=1S/C12H14ClN3O2S/c1-9-5-3-4-6-10(9)7-8-11-14-15-12(16(11)2)19(13,17)18/h3-6H,7-8H2,1-2H3. The van der Waals surface area contributed by atoms with Gasteiger partial charge < -0.3 is 4.57 Å². The van der Waals surface area contributed by atoms with Crippen LogP contribution in [-0.2, 0) is 28.9 Å². The summed E-state index contributed by atoms with van der Waals surface area (Å²) >= 11 is 0. The van der Waals surface area contributed by atoms with E-state index in [2.05, 4.69) is 10.2 Å². The zero-order chi connectivity index (χ0) is 14.0. The third kappa shape index (κ3) is 3.13. The van der Waals surface area contributed by atoms with Gasteiger partial charge in [0, 0.05) is 24.2 Å². The molecule has 0 bridgehead atoms. The van der Waals surface area contributed by atoms with Gasteiger partial charge in [-0.25, -0.2) is 8.42 Å². The first-order valence-electron chi connectivity index (χ1n) is 5.77. The third-order valence-corrected chi connectivity index (χ3v) is 4.23. The van der Waals surface area contributed by atoms with Crippen molar-refractivity contribution in [2.24, 2.45) is 7.05 Å². The predicted octanol–water partition coefficient (Wildman–Crippen LogP) is 1.84. The highest BCUT2D eigenvalue weighted by Gasteiger charge is 2.19. The van der Waals surface area contributed by atoms with Gasteiger partial charge >= 0.3 is 0 Å². The summed E-state index contributed by atoms with van der Waals surface area (Å²) in [7, 11) is 3.03. The molecule has 0 aliphatic carbocycles. The van der Waals surface area contributed by atoms with Gasteiger partial charge in [-0.15, -0.1) is 10.2 Å². The minimum atomic E-state index is -3.84. The molecule has 19 heavy (non-hydrogen) atoms. The summed E-state index contributed by atoms with van der Waals surface area (Å²) in [5.41, 5.74) is 2.41. The molecule has 1 heterocycles. The minimum absolute atomic E-state index is 0.214. The number of benzene rings is 1. The van der Waals surface area contributed by atoms with Crippen molar-refractivity contribution in [3.8, 4) is 0 Å². The topological polar surface area (TPSA) is 64.8 Å². The molecular formula is C12H14ClN3O2S. The highest BCUT2D eigenvalue weighted by Crippen LogP contribution is 2.15. The largest absolute Gasteiger partial charge is 0.304 e. The van der Waals surface area contributed by atoms with Gasteiger partial charge in [0.05, 0.1) is 0 Å². The average Bonchev–Trinajstić information content (AvgIpc) is 2.69. The number of aromatic nitrogens is 3. The maximum absolute atomic E-state index is 11.2.